The largest absolute Gasteiger partial charge is 0.353 e. The van der Waals surface area contributed by atoms with Crippen LogP contribution < -0.4 is 5.32 Å². The lowest BCUT2D eigenvalue weighted by molar-refractivity contribution is 0.151. The predicted molar refractivity (Wildman–Crippen MR) is 91.2 cm³/mol. The maximum absolute atomic E-state index is 4.77. The molecule has 2 aliphatic carbocycles. The molecule has 0 amide bonds. The molecule has 118 valence electrons. The van der Waals surface area contributed by atoms with Gasteiger partial charge in [-0.2, -0.15) is 0 Å². The molecule has 2 unspecified atom stereocenters. The highest BCUT2D eigenvalue weighted by atomic mass is 15.3. The van der Waals surface area contributed by atoms with E-state index in [-0.39, 0.29) is 0 Å². The summed E-state index contributed by atoms with van der Waals surface area (Å²) in [5.41, 5.74) is 2.10. The average Bonchev–Trinajstić information content (AvgIpc) is 3.12. The second-order valence-corrected chi connectivity index (χ2v) is 7.33. The van der Waals surface area contributed by atoms with Crippen molar-refractivity contribution in [3.63, 3.8) is 0 Å². The molecule has 2 atom stereocenters. The van der Waals surface area contributed by atoms with Gasteiger partial charge in [-0.1, -0.05) is 36.8 Å². The van der Waals surface area contributed by atoms with Crippen molar-refractivity contribution in [2.75, 3.05) is 19.6 Å². The minimum absolute atomic E-state index is 0.575. The van der Waals surface area contributed by atoms with Gasteiger partial charge in [0, 0.05) is 31.6 Å². The van der Waals surface area contributed by atoms with E-state index in [4.69, 9.17) is 4.99 Å². The topological polar surface area (TPSA) is 27.6 Å². The van der Waals surface area contributed by atoms with Crippen LogP contribution in [0.25, 0.3) is 0 Å². The fourth-order valence-electron chi connectivity index (χ4n) is 4.18. The van der Waals surface area contributed by atoms with Crippen LogP contribution in [0.15, 0.2) is 35.3 Å². The molecule has 4 rings (SSSR count). The van der Waals surface area contributed by atoms with Crippen molar-refractivity contribution in [3.8, 4) is 0 Å². The lowest BCUT2D eigenvalue weighted by atomic mass is 9.68. The molecule has 1 aromatic carbocycles. The number of benzene rings is 1. The Bertz CT molecular complexity index is 547. The molecule has 0 aromatic heterocycles. The van der Waals surface area contributed by atoms with Crippen LogP contribution in [0.3, 0.4) is 0 Å². The van der Waals surface area contributed by atoms with Crippen molar-refractivity contribution in [1.82, 2.24) is 10.2 Å². The monoisotopic (exact) mass is 297 g/mol. The third-order valence-corrected chi connectivity index (χ3v) is 5.79. The van der Waals surface area contributed by atoms with Crippen LogP contribution in [0.1, 0.15) is 50.5 Å². The maximum Gasteiger partial charge on any atom is 0.194 e. The highest BCUT2D eigenvalue weighted by Gasteiger charge is 2.45. The average molecular weight is 297 g/mol. The number of rotatable bonds is 3. The summed E-state index contributed by atoms with van der Waals surface area (Å²) in [6.45, 7) is 5.42. The van der Waals surface area contributed by atoms with Gasteiger partial charge in [0.05, 0.1) is 0 Å². The fourth-order valence-corrected chi connectivity index (χ4v) is 4.18. The smallest absolute Gasteiger partial charge is 0.194 e. The molecule has 0 radical (unpaired) electrons. The standard InChI is InChI=1S/C19H27N3/c1-2-20-18(22-12-11-19(14-22)9-6-10-19)21-17-13-16(17)15-7-4-3-5-8-15/h3-5,7-8,16-17H,2,6,9-14H2,1H3,(H,20,21). The molecule has 1 heterocycles. The molecular weight excluding hydrogens is 270 g/mol. The summed E-state index contributed by atoms with van der Waals surface area (Å²) in [6, 6.07) is 11.5. The van der Waals surface area contributed by atoms with Crippen LogP contribution in [0.5, 0.6) is 0 Å². The zero-order chi connectivity index (χ0) is 15.0. The molecular formula is C19H27N3. The lowest BCUT2D eigenvalue weighted by Gasteiger charge is -2.38. The Labute approximate surface area is 133 Å². The van der Waals surface area contributed by atoms with E-state index < -0.39 is 0 Å². The second-order valence-electron chi connectivity index (χ2n) is 7.33. The number of likely N-dealkylation sites (tertiary alicyclic amines) is 1. The predicted octanol–water partition coefficient (Wildman–Crippen LogP) is 3.38. The van der Waals surface area contributed by atoms with Crippen LogP contribution in [0.2, 0.25) is 0 Å². The number of nitrogens with zero attached hydrogens (tertiary/aromatic N) is 2. The Morgan fingerprint density at radius 1 is 1.27 bits per heavy atom. The molecule has 0 bridgehead atoms. The fraction of sp³-hybridized carbons (Fsp3) is 0.632. The first-order chi connectivity index (χ1) is 10.8. The summed E-state index contributed by atoms with van der Waals surface area (Å²) in [5.74, 6) is 1.83. The number of aliphatic imine (C=N–C) groups is 1. The number of guanidine groups is 1. The molecule has 1 aliphatic heterocycles. The molecule has 3 nitrogen and oxygen atoms in total. The van der Waals surface area contributed by atoms with E-state index in [1.54, 1.807) is 0 Å². The summed E-state index contributed by atoms with van der Waals surface area (Å²) in [5, 5.41) is 3.74. The van der Waals surface area contributed by atoms with Gasteiger partial charge in [0.25, 0.3) is 0 Å². The van der Waals surface area contributed by atoms with E-state index in [2.05, 4.69) is 47.5 Å². The van der Waals surface area contributed by atoms with Gasteiger partial charge in [0.1, 0.15) is 0 Å². The van der Waals surface area contributed by atoms with Gasteiger partial charge in [0.2, 0.25) is 0 Å². The van der Waals surface area contributed by atoms with Crippen LogP contribution in [0, 0.1) is 5.41 Å². The highest BCUT2D eigenvalue weighted by Crippen LogP contribution is 2.48. The van der Waals surface area contributed by atoms with Crippen molar-refractivity contribution >= 4 is 5.96 Å². The van der Waals surface area contributed by atoms with E-state index in [0.29, 0.717) is 17.4 Å². The third kappa shape index (κ3) is 2.62. The van der Waals surface area contributed by atoms with Crippen molar-refractivity contribution in [1.29, 1.82) is 0 Å². The van der Waals surface area contributed by atoms with Crippen molar-refractivity contribution in [2.45, 2.75) is 51.0 Å². The van der Waals surface area contributed by atoms with Gasteiger partial charge in [-0.15, -0.1) is 0 Å². The van der Waals surface area contributed by atoms with Crippen LogP contribution in [0.4, 0.5) is 0 Å². The van der Waals surface area contributed by atoms with E-state index in [0.717, 1.165) is 12.5 Å². The lowest BCUT2D eigenvalue weighted by Crippen LogP contribution is -2.43. The van der Waals surface area contributed by atoms with Crippen LogP contribution in [-0.4, -0.2) is 36.5 Å². The van der Waals surface area contributed by atoms with Gasteiger partial charge in [-0.3, -0.25) is 4.99 Å². The number of hydrogen-bond acceptors (Lipinski definition) is 1. The highest BCUT2D eigenvalue weighted by molar-refractivity contribution is 5.81. The maximum atomic E-state index is 4.77. The minimum atomic E-state index is 0.575. The summed E-state index contributed by atoms with van der Waals surface area (Å²) in [7, 11) is 0. The Morgan fingerprint density at radius 2 is 2.09 bits per heavy atom. The number of hydrogen-bond donors (Lipinski definition) is 1. The zero-order valence-electron chi connectivity index (χ0n) is 13.6. The molecule has 3 fully saturated rings. The zero-order valence-corrected chi connectivity index (χ0v) is 13.6. The molecule has 1 spiro atoms. The minimum Gasteiger partial charge on any atom is -0.353 e. The first-order valence-electron chi connectivity index (χ1n) is 8.91. The molecule has 22 heavy (non-hydrogen) atoms. The summed E-state index contributed by atoms with van der Waals surface area (Å²) >= 11 is 0. The summed E-state index contributed by atoms with van der Waals surface area (Å²) in [6.07, 6.45) is 6.90. The van der Waals surface area contributed by atoms with Gasteiger partial charge in [-0.25, -0.2) is 0 Å². The van der Waals surface area contributed by atoms with E-state index in [1.807, 2.05) is 0 Å². The molecule has 2 saturated carbocycles. The van der Waals surface area contributed by atoms with Gasteiger partial charge in [-0.05, 0) is 43.6 Å². The van der Waals surface area contributed by atoms with Crippen LogP contribution >= 0.6 is 0 Å². The van der Waals surface area contributed by atoms with Crippen LogP contribution in [-0.2, 0) is 0 Å². The van der Waals surface area contributed by atoms with Crippen molar-refractivity contribution < 1.29 is 0 Å². The van der Waals surface area contributed by atoms with Gasteiger partial charge in [0.15, 0.2) is 5.96 Å². The van der Waals surface area contributed by atoms with Crippen molar-refractivity contribution in [2.24, 2.45) is 10.4 Å². The Balaban J connectivity index is 1.39. The molecule has 1 N–H and O–H groups in total. The third-order valence-electron chi connectivity index (χ3n) is 5.79. The molecule has 1 aromatic rings. The van der Waals surface area contributed by atoms with Crippen molar-refractivity contribution in [3.05, 3.63) is 35.9 Å². The van der Waals surface area contributed by atoms with Gasteiger partial charge >= 0.3 is 0 Å². The SMILES string of the molecule is CCN=C(NC1CC1c1ccccc1)N1CCC2(CCC2)C1. The summed E-state index contributed by atoms with van der Waals surface area (Å²) in [4.78, 5) is 7.29. The summed E-state index contributed by atoms with van der Waals surface area (Å²) < 4.78 is 0. The van der Waals surface area contributed by atoms with E-state index in [1.165, 1.54) is 50.8 Å². The Hall–Kier alpha value is -1.51. The number of nitrogens with one attached hydrogen (secondary N) is 1. The first-order valence-corrected chi connectivity index (χ1v) is 8.91. The first kappa shape index (κ1) is 14.1. The Morgan fingerprint density at radius 3 is 2.73 bits per heavy atom. The van der Waals surface area contributed by atoms with E-state index in [9.17, 15) is 0 Å². The quantitative estimate of drug-likeness (QED) is 0.684. The normalized spacial score (nSPS) is 29.5. The molecule has 3 aliphatic rings. The Kier molecular flexibility index (Phi) is 3.59. The molecule has 3 heteroatoms. The van der Waals surface area contributed by atoms with E-state index >= 15 is 0 Å². The van der Waals surface area contributed by atoms with Gasteiger partial charge < -0.3 is 10.2 Å². The molecule has 1 saturated heterocycles. The second kappa shape index (κ2) is 5.60.